The fraction of sp³-hybridized carbons (Fsp3) is 0.153. The number of nitrogens with zero attached hydrogens (tertiary/aromatic N) is 9. The topological polar surface area (TPSA) is 240 Å². The maximum absolute atomic E-state index is 14.0. The number of pyridine rings is 4. The second kappa shape index (κ2) is 30.7. The number of fused-ring (bicyclic) bond motifs is 3. The van der Waals surface area contributed by atoms with Gasteiger partial charge in [-0.05, 0) is 209 Å². The highest BCUT2D eigenvalue weighted by atomic mass is 19.4. The summed E-state index contributed by atoms with van der Waals surface area (Å²) in [6.07, 6.45) is 1.88. The van der Waals surface area contributed by atoms with Crippen LogP contribution in [0.4, 0.5) is 75.2 Å². The van der Waals surface area contributed by atoms with Crippen molar-refractivity contribution >= 4 is 80.7 Å². The van der Waals surface area contributed by atoms with Gasteiger partial charge in [0.2, 0.25) is 11.8 Å². The smallest absolute Gasteiger partial charge is 0.407 e. The van der Waals surface area contributed by atoms with E-state index in [1.54, 1.807) is 101 Å². The van der Waals surface area contributed by atoms with Crippen molar-refractivity contribution in [1.82, 2.24) is 34.5 Å². The first kappa shape index (κ1) is 77.9. The molecule has 0 saturated carbocycles. The molecular weight excluding hydrogens is 1450 g/mol. The average molecular weight is 1520 g/mol. The molecule has 13 aromatic rings. The maximum atomic E-state index is 14.0. The molecule has 0 bridgehead atoms. The molecule has 0 unspecified atom stereocenters. The number of hydrogen-bond acceptors (Lipinski definition) is 13. The Bertz CT molecular complexity index is 5670. The first-order chi connectivity index (χ1) is 52.8. The second-order valence-electron chi connectivity index (χ2n) is 27.2. The summed E-state index contributed by atoms with van der Waals surface area (Å²) in [5.41, 5.74) is 4.50. The minimum Gasteiger partial charge on any atom is -0.407 e. The van der Waals surface area contributed by atoms with Gasteiger partial charge < -0.3 is 20.4 Å². The van der Waals surface area contributed by atoms with Gasteiger partial charge in [0.05, 0.1) is 62.5 Å². The van der Waals surface area contributed by atoms with Gasteiger partial charge in [0, 0.05) is 70.3 Å². The third-order valence-electron chi connectivity index (χ3n) is 18.9. The van der Waals surface area contributed by atoms with Crippen LogP contribution in [0.1, 0.15) is 111 Å². The van der Waals surface area contributed by atoms with Crippen LogP contribution < -0.4 is 31.5 Å². The number of alkyl halides is 6. The lowest BCUT2D eigenvalue weighted by Gasteiger charge is -2.20. The Morgan fingerprint density at radius 2 is 1.01 bits per heavy atom. The number of hydrogen-bond donors (Lipinski definition) is 3. The normalized spacial score (nSPS) is 13.2. The molecule has 27 heteroatoms. The van der Waals surface area contributed by atoms with E-state index in [2.05, 4.69) is 45.9 Å². The van der Waals surface area contributed by atoms with E-state index >= 15 is 0 Å². The number of oxazole rings is 1. The van der Waals surface area contributed by atoms with Gasteiger partial charge in [-0.1, -0.05) is 79.7 Å². The van der Waals surface area contributed by atoms with Crippen LogP contribution >= 0.6 is 0 Å². The van der Waals surface area contributed by atoms with Gasteiger partial charge in [-0.25, -0.2) is 33.1 Å². The summed E-state index contributed by atoms with van der Waals surface area (Å²) in [5, 5.41) is 7.64. The molecule has 2 aliphatic heterocycles. The zero-order valence-electron chi connectivity index (χ0n) is 60.3. The number of amides is 5. The first-order valence-electron chi connectivity index (χ1n) is 34.3. The molecule has 0 radical (unpaired) electrons. The van der Waals surface area contributed by atoms with Gasteiger partial charge in [-0.3, -0.25) is 48.7 Å². The fourth-order valence-corrected chi connectivity index (χ4v) is 13.2. The molecule has 7 aromatic carbocycles. The summed E-state index contributed by atoms with van der Waals surface area (Å²) < 4.78 is 119. The molecule has 5 amide bonds. The van der Waals surface area contributed by atoms with Crippen molar-refractivity contribution in [3.05, 3.63) is 309 Å². The Kier molecular flexibility index (Phi) is 21.4. The third-order valence-corrected chi connectivity index (χ3v) is 18.9. The number of aryl methyl sites for hydroxylation is 4. The first-order valence-corrected chi connectivity index (χ1v) is 34.3. The maximum Gasteiger partial charge on any atom is 0.434 e. The zero-order valence-corrected chi connectivity index (χ0v) is 60.3. The molecule has 0 spiro atoms. The minimum absolute atomic E-state index is 0. The summed E-state index contributed by atoms with van der Waals surface area (Å²) in [6, 6.07) is 46.0. The number of carbonyl (C=O) groups is 5. The highest BCUT2D eigenvalue weighted by Crippen LogP contribution is 2.51. The van der Waals surface area contributed by atoms with Crippen molar-refractivity contribution in [2.24, 2.45) is 0 Å². The van der Waals surface area contributed by atoms with Crippen molar-refractivity contribution in [2.45, 2.75) is 86.0 Å². The molecular formula is C85H68F8N12O7. The van der Waals surface area contributed by atoms with E-state index in [1.807, 2.05) is 74.5 Å². The lowest BCUT2D eigenvalue weighted by atomic mass is 9.81. The molecule has 566 valence electrons. The Hall–Kier alpha value is -13.7. The van der Waals surface area contributed by atoms with Gasteiger partial charge in [0.1, 0.15) is 29.6 Å². The minimum atomic E-state index is -4.93. The Morgan fingerprint density at radius 3 is 1.62 bits per heavy atom. The van der Waals surface area contributed by atoms with Crippen molar-refractivity contribution in [1.29, 1.82) is 0 Å². The standard InChI is InChI=1S/C29H22F4N4O2.C28H21F4N5O2.C27H21N3O3.CH4/c1-16-6-8-18(14-23(16)30)36-26(38)21-13-17(7-9-22(21)29(31,32)33)20-10-12-35-25-24(20)28(2,3)27(39)37(25)19-5-4-11-34-15-19;1-15-7-8-17(12-20(15)29)36-25(38)19-11-16(13-34-24(19)28(30,31)32)18-5-4-6-21-23(18)27(2,3)26(39)37(21)22-9-10-33-14-35-22;1-17-8-12-20(13-9-17)29-26(31)23-15-19(11-10-18(23)2)22-6-3-7-24-25(22)33-27(32)30(24)21-5-4-14-28-16-21;/h4-15H,1-3H3,(H,36,38);4-14H,1-3H3,(H,36,38);3-16H,1-2H3,(H,29,31);1H4. The van der Waals surface area contributed by atoms with Crippen LogP contribution in [0, 0.1) is 39.3 Å². The van der Waals surface area contributed by atoms with Crippen LogP contribution in [0.15, 0.2) is 235 Å². The Morgan fingerprint density at radius 1 is 0.464 bits per heavy atom. The number of rotatable bonds is 12. The highest BCUT2D eigenvalue weighted by molar-refractivity contribution is 6.15. The van der Waals surface area contributed by atoms with Gasteiger partial charge in [0.15, 0.2) is 11.3 Å². The summed E-state index contributed by atoms with van der Waals surface area (Å²) in [7, 11) is 0. The molecule has 3 N–H and O–H groups in total. The Labute approximate surface area is 635 Å². The van der Waals surface area contributed by atoms with Crippen LogP contribution in [0.2, 0.25) is 0 Å². The number of carbonyl (C=O) groups excluding carboxylic acids is 5. The monoisotopic (exact) mass is 1520 g/mol. The molecule has 0 atom stereocenters. The van der Waals surface area contributed by atoms with Crippen molar-refractivity contribution in [3.63, 3.8) is 0 Å². The molecule has 15 rings (SSSR count). The van der Waals surface area contributed by atoms with E-state index in [1.165, 1.54) is 83.5 Å². The molecule has 2 aliphatic rings. The molecule has 8 heterocycles. The summed E-state index contributed by atoms with van der Waals surface area (Å²) >= 11 is 0. The predicted molar refractivity (Wildman–Crippen MR) is 410 cm³/mol. The number of halogens is 8. The van der Waals surface area contributed by atoms with E-state index in [9.17, 15) is 63.9 Å². The highest BCUT2D eigenvalue weighted by Gasteiger charge is 2.49. The summed E-state index contributed by atoms with van der Waals surface area (Å²) in [6.45, 7) is 13.8. The largest absolute Gasteiger partial charge is 0.434 e. The van der Waals surface area contributed by atoms with Crippen molar-refractivity contribution in [2.75, 3.05) is 25.8 Å². The van der Waals surface area contributed by atoms with Gasteiger partial charge in [0.25, 0.3) is 17.7 Å². The molecule has 0 saturated heterocycles. The van der Waals surface area contributed by atoms with E-state index in [0.29, 0.717) is 78.7 Å². The molecule has 112 heavy (non-hydrogen) atoms. The second-order valence-corrected chi connectivity index (χ2v) is 27.2. The number of nitrogens with one attached hydrogen (secondary N) is 3. The SMILES string of the molecule is C.Cc1ccc(NC(=O)c2cc(-c3cccc4c3C(C)(C)C(=O)N4c3ccncn3)cnc2C(F)(F)F)cc1F.Cc1ccc(NC(=O)c2cc(-c3cccc4c3oc(=O)n4-c3cccnc3)ccc2C)cc1.Cc1ccc(NC(=O)c2cc(-c3ccnc4c3C(C)(C)C(=O)N4c3cccnc3)ccc2C(F)(F)F)cc1F. The third kappa shape index (κ3) is 15.3. The van der Waals surface area contributed by atoms with Gasteiger partial charge >= 0.3 is 18.1 Å². The lowest BCUT2D eigenvalue weighted by molar-refractivity contribution is -0.141. The zero-order chi connectivity index (χ0) is 79.2. The molecule has 19 nitrogen and oxygen atoms in total. The van der Waals surface area contributed by atoms with E-state index in [4.69, 9.17) is 4.42 Å². The molecule has 6 aromatic heterocycles. The quantitative estimate of drug-likeness (QED) is 0.0966. The summed E-state index contributed by atoms with van der Waals surface area (Å²) in [5.74, 6) is -3.96. The fourth-order valence-electron chi connectivity index (χ4n) is 13.2. The summed E-state index contributed by atoms with van der Waals surface area (Å²) in [4.78, 5) is 106. The molecule has 0 fully saturated rings. The Balaban J connectivity index is 0.000000156. The average Bonchev–Trinajstić information content (AvgIpc) is 1.57. The van der Waals surface area contributed by atoms with Crippen LogP contribution in [0.25, 0.3) is 50.2 Å². The van der Waals surface area contributed by atoms with Crippen molar-refractivity contribution < 1.29 is 63.5 Å². The van der Waals surface area contributed by atoms with Gasteiger partial charge in [-0.15, -0.1) is 0 Å². The lowest BCUT2D eigenvalue weighted by Crippen LogP contribution is -2.33. The van der Waals surface area contributed by atoms with Crippen LogP contribution in [-0.2, 0) is 32.8 Å². The molecule has 0 aliphatic carbocycles. The number of anilines is 7. The number of benzene rings is 7. The van der Waals surface area contributed by atoms with Crippen LogP contribution in [0.5, 0.6) is 0 Å². The predicted octanol–water partition coefficient (Wildman–Crippen LogP) is 19.2. The van der Waals surface area contributed by atoms with Crippen LogP contribution in [-0.4, -0.2) is 64.0 Å². The van der Waals surface area contributed by atoms with E-state index in [-0.39, 0.29) is 47.6 Å². The van der Waals surface area contributed by atoms with Gasteiger partial charge in [-0.2, -0.15) is 26.3 Å². The van der Waals surface area contributed by atoms with E-state index < -0.39 is 74.8 Å². The number of aromatic nitrogens is 7. The van der Waals surface area contributed by atoms with Crippen molar-refractivity contribution in [3.8, 4) is 39.1 Å². The number of para-hydroxylation sites is 1. The van der Waals surface area contributed by atoms with E-state index in [0.717, 1.165) is 64.5 Å². The van der Waals surface area contributed by atoms with Crippen LogP contribution in [0.3, 0.4) is 0 Å².